The van der Waals surface area contributed by atoms with E-state index in [-0.39, 0.29) is 22.7 Å². The molecule has 0 aromatic heterocycles. The number of benzene rings is 2. The van der Waals surface area contributed by atoms with Crippen LogP contribution in [0.2, 0.25) is 0 Å². The molecule has 26 heavy (non-hydrogen) atoms. The molecule has 0 saturated carbocycles. The Kier molecular flexibility index (Phi) is 5.77. The van der Waals surface area contributed by atoms with Crippen LogP contribution >= 0.6 is 0 Å². The second kappa shape index (κ2) is 8.19. The molecule has 0 atom stereocenters. The number of nitro benzene ring substituents is 2. The number of hydrogen-bond acceptors (Lipinski definition) is 9. The standard InChI is InChI=1S/C15H10N2O9/c18-14(10-1-3-11(4-2-10)16(20)21)24-9-25-15(19)26-13-7-5-12(6-8-13)17(22)23/h1-8H,9H2. The molecule has 11 nitrogen and oxygen atoms in total. The number of non-ortho nitro benzene ring substituents is 2. The minimum Gasteiger partial charge on any atom is -0.424 e. The van der Waals surface area contributed by atoms with Crippen LogP contribution in [0.4, 0.5) is 16.2 Å². The summed E-state index contributed by atoms with van der Waals surface area (Å²) in [6.45, 7) is -0.748. The van der Waals surface area contributed by atoms with Gasteiger partial charge in [0.15, 0.2) is 0 Å². The molecular weight excluding hydrogens is 352 g/mol. The van der Waals surface area contributed by atoms with Crippen molar-refractivity contribution in [1.82, 2.24) is 0 Å². The van der Waals surface area contributed by atoms with E-state index in [1.54, 1.807) is 0 Å². The van der Waals surface area contributed by atoms with Crippen LogP contribution in [-0.4, -0.2) is 28.8 Å². The van der Waals surface area contributed by atoms with Gasteiger partial charge in [-0.2, -0.15) is 0 Å². The van der Waals surface area contributed by atoms with E-state index in [1.807, 2.05) is 0 Å². The molecule has 2 rings (SSSR count). The Balaban J connectivity index is 1.79. The normalized spacial score (nSPS) is 9.85. The fourth-order valence-corrected chi connectivity index (χ4v) is 1.70. The smallest absolute Gasteiger partial charge is 0.424 e. The first kappa shape index (κ1) is 18.3. The monoisotopic (exact) mass is 362 g/mol. The van der Waals surface area contributed by atoms with Crippen LogP contribution in [-0.2, 0) is 9.47 Å². The number of esters is 1. The van der Waals surface area contributed by atoms with Gasteiger partial charge in [0.05, 0.1) is 15.4 Å². The van der Waals surface area contributed by atoms with Gasteiger partial charge in [0, 0.05) is 24.3 Å². The molecule has 2 aromatic rings. The first-order chi connectivity index (χ1) is 12.4. The second-order valence-electron chi connectivity index (χ2n) is 4.60. The third-order valence-corrected chi connectivity index (χ3v) is 2.93. The Labute approximate surface area is 145 Å². The average molecular weight is 362 g/mol. The van der Waals surface area contributed by atoms with Gasteiger partial charge in [-0.05, 0) is 24.3 Å². The summed E-state index contributed by atoms with van der Waals surface area (Å²) in [5, 5.41) is 21.0. The number of carbonyl (C=O) groups is 2. The molecule has 0 N–H and O–H groups in total. The highest BCUT2D eigenvalue weighted by molar-refractivity contribution is 5.89. The minimum absolute atomic E-state index is 0.00213. The zero-order chi connectivity index (χ0) is 19.1. The Hall–Kier alpha value is -4.02. The third kappa shape index (κ3) is 4.99. The number of nitro groups is 2. The maximum absolute atomic E-state index is 11.7. The van der Waals surface area contributed by atoms with Gasteiger partial charge in [0.1, 0.15) is 5.75 Å². The van der Waals surface area contributed by atoms with Crippen molar-refractivity contribution in [3.63, 3.8) is 0 Å². The van der Waals surface area contributed by atoms with Crippen molar-refractivity contribution in [3.05, 3.63) is 74.3 Å². The molecule has 0 amide bonds. The number of rotatable bonds is 6. The highest BCUT2D eigenvalue weighted by Crippen LogP contribution is 2.17. The topological polar surface area (TPSA) is 148 Å². The Bertz CT molecular complexity index is 831. The molecular formula is C15H10N2O9. The van der Waals surface area contributed by atoms with Crippen molar-refractivity contribution in [2.75, 3.05) is 6.79 Å². The van der Waals surface area contributed by atoms with Crippen LogP contribution in [0.3, 0.4) is 0 Å². The molecule has 0 unspecified atom stereocenters. The van der Waals surface area contributed by atoms with Crippen molar-refractivity contribution in [2.45, 2.75) is 0 Å². The Morgan fingerprint density at radius 1 is 0.808 bits per heavy atom. The predicted molar refractivity (Wildman–Crippen MR) is 83.6 cm³/mol. The molecule has 0 saturated heterocycles. The summed E-state index contributed by atoms with van der Waals surface area (Å²) in [4.78, 5) is 42.9. The van der Waals surface area contributed by atoms with E-state index in [9.17, 15) is 29.8 Å². The van der Waals surface area contributed by atoms with Crippen molar-refractivity contribution in [2.24, 2.45) is 0 Å². The third-order valence-electron chi connectivity index (χ3n) is 2.93. The summed E-state index contributed by atoms with van der Waals surface area (Å²) in [7, 11) is 0. The summed E-state index contributed by atoms with van der Waals surface area (Å²) in [5.74, 6) is -0.856. The van der Waals surface area contributed by atoms with Crippen LogP contribution in [0.25, 0.3) is 0 Å². The molecule has 0 aliphatic rings. The fraction of sp³-hybridized carbons (Fsp3) is 0.0667. The highest BCUT2D eigenvalue weighted by atomic mass is 16.8. The van der Waals surface area contributed by atoms with Crippen molar-refractivity contribution in [1.29, 1.82) is 0 Å². The van der Waals surface area contributed by atoms with E-state index < -0.39 is 28.8 Å². The van der Waals surface area contributed by atoms with Crippen LogP contribution in [0.5, 0.6) is 5.75 Å². The van der Waals surface area contributed by atoms with E-state index in [4.69, 9.17) is 4.74 Å². The van der Waals surface area contributed by atoms with Crippen LogP contribution in [0, 0.1) is 20.2 Å². The van der Waals surface area contributed by atoms with E-state index in [0.29, 0.717) is 0 Å². The molecule has 2 aromatic carbocycles. The predicted octanol–water partition coefficient (Wildman–Crippen LogP) is 2.83. The Morgan fingerprint density at radius 2 is 1.31 bits per heavy atom. The average Bonchev–Trinajstić information content (AvgIpc) is 2.62. The van der Waals surface area contributed by atoms with Crippen molar-refractivity contribution >= 4 is 23.5 Å². The molecule has 0 bridgehead atoms. The van der Waals surface area contributed by atoms with Gasteiger partial charge in [0.2, 0.25) is 6.79 Å². The molecule has 134 valence electrons. The zero-order valence-electron chi connectivity index (χ0n) is 12.9. The molecule has 0 radical (unpaired) electrons. The van der Waals surface area contributed by atoms with Gasteiger partial charge < -0.3 is 14.2 Å². The lowest BCUT2D eigenvalue weighted by molar-refractivity contribution is -0.385. The van der Waals surface area contributed by atoms with Gasteiger partial charge >= 0.3 is 12.1 Å². The number of carbonyl (C=O) groups excluding carboxylic acids is 2. The van der Waals surface area contributed by atoms with Gasteiger partial charge in [-0.15, -0.1) is 0 Å². The van der Waals surface area contributed by atoms with Gasteiger partial charge in [0.25, 0.3) is 11.4 Å². The summed E-state index contributed by atoms with van der Waals surface area (Å²) in [6, 6.07) is 9.30. The Morgan fingerprint density at radius 3 is 1.81 bits per heavy atom. The van der Waals surface area contributed by atoms with Crippen LogP contribution < -0.4 is 4.74 Å². The van der Waals surface area contributed by atoms with Crippen LogP contribution in [0.1, 0.15) is 10.4 Å². The van der Waals surface area contributed by atoms with E-state index in [0.717, 1.165) is 24.3 Å². The second-order valence-corrected chi connectivity index (χ2v) is 4.60. The minimum atomic E-state index is -1.18. The van der Waals surface area contributed by atoms with Crippen molar-refractivity contribution in [3.8, 4) is 5.75 Å². The molecule has 0 aliphatic heterocycles. The van der Waals surface area contributed by atoms with E-state index in [1.165, 1.54) is 24.3 Å². The maximum Gasteiger partial charge on any atom is 0.516 e. The molecule has 0 spiro atoms. The van der Waals surface area contributed by atoms with Crippen molar-refractivity contribution < 1.29 is 33.6 Å². The number of ether oxygens (including phenoxy) is 3. The SMILES string of the molecule is O=C(OCOC(=O)c1ccc([N+](=O)[O-])cc1)Oc1ccc([N+](=O)[O-])cc1. The summed E-state index contributed by atoms with van der Waals surface area (Å²) < 4.78 is 13.9. The van der Waals surface area contributed by atoms with E-state index in [2.05, 4.69) is 9.47 Å². The van der Waals surface area contributed by atoms with E-state index >= 15 is 0 Å². The summed E-state index contributed by atoms with van der Waals surface area (Å²) >= 11 is 0. The summed E-state index contributed by atoms with van der Waals surface area (Å²) in [6.07, 6.45) is -1.18. The summed E-state index contributed by atoms with van der Waals surface area (Å²) in [5.41, 5.74) is -0.338. The fourth-order valence-electron chi connectivity index (χ4n) is 1.70. The quantitative estimate of drug-likeness (QED) is 0.248. The lowest BCUT2D eigenvalue weighted by Crippen LogP contribution is -2.15. The largest absolute Gasteiger partial charge is 0.516 e. The highest BCUT2D eigenvalue weighted by Gasteiger charge is 2.13. The lowest BCUT2D eigenvalue weighted by atomic mass is 10.2. The molecule has 0 fully saturated rings. The lowest BCUT2D eigenvalue weighted by Gasteiger charge is -2.07. The van der Waals surface area contributed by atoms with Crippen LogP contribution in [0.15, 0.2) is 48.5 Å². The van der Waals surface area contributed by atoms with Gasteiger partial charge in [-0.1, -0.05) is 0 Å². The molecule has 0 heterocycles. The first-order valence-electron chi connectivity index (χ1n) is 6.87. The first-order valence-corrected chi connectivity index (χ1v) is 6.87. The number of nitrogens with zero attached hydrogens (tertiary/aromatic N) is 2. The molecule has 11 heteroatoms. The molecule has 0 aliphatic carbocycles. The maximum atomic E-state index is 11.7. The van der Waals surface area contributed by atoms with Gasteiger partial charge in [-0.3, -0.25) is 20.2 Å². The number of hydrogen-bond donors (Lipinski definition) is 0. The zero-order valence-corrected chi connectivity index (χ0v) is 12.9. The van der Waals surface area contributed by atoms with Gasteiger partial charge in [-0.25, -0.2) is 9.59 Å².